The molecule has 2 amide bonds. The Morgan fingerprint density at radius 1 is 1.00 bits per heavy atom. The van der Waals surface area contributed by atoms with Gasteiger partial charge < -0.3 is 15.7 Å². The van der Waals surface area contributed by atoms with E-state index < -0.39 is 22.0 Å². The Morgan fingerprint density at radius 3 is 2.42 bits per heavy atom. The fraction of sp³-hybridized carbons (Fsp3) is 0.130. The molecular formula is C23H22ClN3O5S. The van der Waals surface area contributed by atoms with Crippen molar-refractivity contribution < 1.29 is 23.1 Å². The Kier molecular flexibility index (Phi) is 7.57. The van der Waals surface area contributed by atoms with E-state index in [2.05, 4.69) is 15.4 Å². The minimum absolute atomic E-state index is 0.0736. The van der Waals surface area contributed by atoms with E-state index in [0.717, 1.165) is 6.07 Å². The predicted octanol–water partition coefficient (Wildman–Crippen LogP) is 3.99. The van der Waals surface area contributed by atoms with Gasteiger partial charge in [0.1, 0.15) is 5.75 Å². The van der Waals surface area contributed by atoms with Gasteiger partial charge in [-0.1, -0.05) is 35.9 Å². The molecule has 0 aliphatic rings. The Balaban J connectivity index is 1.66. The molecule has 3 aromatic carbocycles. The lowest BCUT2D eigenvalue weighted by molar-refractivity contribution is -0.116. The summed E-state index contributed by atoms with van der Waals surface area (Å²) in [6.07, 6.45) is -0.0875. The van der Waals surface area contributed by atoms with Crippen molar-refractivity contribution in [1.29, 1.82) is 0 Å². The molecule has 0 saturated carbocycles. The standard InChI is InChI=1S/C23H22ClN3O5S/c1-15(25-23(30)16-6-3-2-4-7-16)12-22(29)26-20-14-19(10-11-21(20)28)33(31,32)27-18-9-5-8-17(24)13-18/h2-11,13-15,27-28H,12H2,1H3,(H,25,30)(H,26,29). The van der Waals surface area contributed by atoms with Crippen molar-refractivity contribution in [2.45, 2.75) is 24.3 Å². The highest BCUT2D eigenvalue weighted by atomic mass is 35.5. The third-order valence-corrected chi connectivity index (χ3v) is 6.15. The summed E-state index contributed by atoms with van der Waals surface area (Å²) >= 11 is 5.89. The number of carbonyl (C=O) groups is 2. The molecular weight excluding hydrogens is 466 g/mol. The first-order valence-corrected chi connectivity index (χ1v) is 11.8. The average Bonchev–Trinajstić information content (AvgIpc) is 2.75. The van der Waals surface area contributed by atoms with Crippen molar-refractivity contribution in [3.63, 3.8) is 0 Å². The quantitative estimate of drug-likeness (QED) is 0.357. The number of carbonyl (C=O) groups excluding carboxylic acids is 2. The third kappa shape index (κ3) is 6.71. The van der Waals surface area contributed by atoms with Crippen LogP contribution in [0.15, 0.2) is 77.7 Å². The number of nitrogens with one attached hydrogen (secondary N) is 3. The molecule has 0 aromatic heterocycles. The number of hydrogen-bond donors (Lipinski definition) is 4. The zero-order valence-electron chi connectivity index (χ0n) is 17.6. The molecule has 10 heteroatoms. The van der Waals surface area contributed by atoms with Crippen LogP contribution in [-0.2, 0) is 14.8 Å². The molecule has 3 rings (SSSR count). The van der Waals surface area contributed by atoms with Gasteiger partial charge in [-0.05, 0) is 55.5 Å². The van der Waals surface area contributed by atoms with Crippen LogP contribution in [0.1, 0.15) is 23.7 Å². The normalized spacial score (nSPS) is 11.9. The zero-order chi connectivity index (χ0) is 24.0. The molecule has 0 fully saturated rings. The summed E-state index contributed by atoms with van der Waals surface area (Å²) in [7, 11) is -4.00. The number of benzene rings is 3. The van der Waals surface area contributed by atoms with Crippen molar-refractivity contribution in [2.24, 2.45) is 0 Å². The van der Waals surface area contributed by atoms with Crippen molar-refractivity contribution in [2.75, 3.05) is 10.0 Å². The van der Waals surface area contributed by atoms with Crippen LogP contribution in [0.2, 0.25) is 5.02 Å². The van der Waals surface area contributed by atoms with Crippen LogP contribution in [0, 0.1) is 0 Å². The summed E-state index contributed by atoms with van der Waals surface area (Å²) < 4.78 is 27.8. The summed E-state index contributed by atoms with van der Waals surface area (Å²) in [4.78, 5) is 24.5. The van der Waals surface area contributed by atoms with Gasteiger partial charge in [0.05, 0.1) is 16.3 Å². The van der Waals surface area contributed by atoms with Gasteiger partial charge in [0.15, 0.2) is 0 Å². The monoisotopic (exact) mass is 487 g/mol. The Hall–Kier alpha value is -3.56. The number of anilines is 2. The highest BCUT2D eigenvalue weighted by Gasteiger charge is 2.19. The summed E-state index contributed by atoms with van der Waals surface area (Å²) in [5, 5.41) is 15.7. The maximum Gasteiger partial charge on any atom is 0.261 e. The number of hydrogen-bond acceptors (Lipinski definition) is 5. The Bertz CT molecular complexity index is 1270. The molecule has 0 heterocycles. The van der Waals surface area contributed by atoms with Crippen LogP contribution in [0.25, 0.3) is 0 Å². The van der Waals surface area contributed by atoms with E-state index in [-0.39, 0.29) is 34.3 Å². The molecule has 0 aliphatic heterocycles. The average molecular weight is 488 g/mol. The summed E-state index contributed by atoms with van der Waals surface area (Å²) in [6.45, 7) is 1.66. The van der Waals surface area contributed by atoms with E-state index >= 15 is 0 Å². The van der Waals surface area contributed by atoms with E-state index in [0.29, 0.717) is 10.6 Å². The third-order valence-electron chi connectivity index (χ3n) is 4.53. The second-order valence-electron chi connectivity index (χ2n) is 7.29. The molecule has 4 N–H and O–H groups in total. The predicted molar refractivity (Wildman–Crippen MR) is 127 cm³/mol. The summed E-state index contributed by atoms with van der Waals surface area (Å²) in [5.74, 6) is -1.13. The van der Waals surface area contributed by atoms with Gasteiger partial charge in [0, 0.05) is 23.0 Å². The van der Waals surface area contributed by atoms with E-state index in [9.17, 15) is 23.1 Å². The van der Waals surface area contributed by atoms with Crippen molar-refractivity contribution in [1.82, 2.24) is 5.32 Å². The van der Waals surface area contributed by atoms with Crippen LogP contribution in [0.3, 0.4) is 0 Å². The minimum atomic E-state index is -4.00. The Morgan fingerprint density at radius 2 is 1.73 bits per heavy atom. The molecule has 1 unspecified atom stereocenters. The van der Waals surface area contributed by atoms with Gasteiger partial charge in [0.2, 0.25) is 5.91 Å². The number of phenolic OH excluding ortho intramolecular Hbond substituents is 1. The molecule has 0 aliphatic carbocycles. The Labute approximate surface area is 196 Å². The number of halogens is 1. The minimum Gasteiger partial charge on any atom is -0.506 e. The van der Waals surface area contributed by atoms with Gasteiger partial charge in [-0.3, -0.25) is 14.3 Å². The van der Waals surface area contributed by atoms with Crippen LogP contribution in [0.4, 0.5) is 11.4 Å². The zero-order valence-corrected chi connectivity index (χ0v) is 19.2. The van der Waals surface area contributed by atoms with Crippen LogP contribution in [-0.4, -0.2) is 31.4 Å². The molecule has 0 radical (unpaired) electrons. The molecule has 172 valence electrons. The van der Waals surface area contributed by atoms with Crippen LogP contribution in [0.5, 0.6) is 5.75 Å². The van der Waals surface area contributed by atoms with Gasteiger partial charge in [-0.15, -0.1) is 0 Å². The first-order valence-electron chi connectivity index (χ1n) is 9.91. The first-order chi connectivity index (χ1) is 15.6. The SMILES string of the molecule is CC(CC(=O)Nc1cc(S(=O)(=O)Nc2cccc(Cl)c2)ccc1O)NC(=O)c1ccccc1. The fourth-order valence-electron chi connectivity index (χ4n) is 2.98. The van der Waals surface area contributed by atoms with E-state index in [1.54, 1.807) is 49.4 Å². The second kappa shape index (κ2) is 10.4. The van der Waals surface area contributed by atoms with E-state index in [1.807, 2.05) is 0 Å². The van der Waals surface area contributed by atoms with Crippen molar-refractivity contribution >= 4 is 44.8 Å². The van der Waals surface area contributed by atoms with Gasteiger partial charge in [-0.25, -0.2) is 8.42 Å². The maximum absolute atomic E-state index is 12.7. The summed E-state index contributed by atoms with van der Waals surface area (Å²) in [6, 6.07) is 17.8. The van der Waals surface area contributed by atoms with Gasteiger partial charge in [-0.2, -0.15) is 0 Å². The van der Waals surface area contributed by atoms with Gasteiger partial charge in [0.25, 0.3) is 15.9 Å². The largest absolute Gasteiger partial charge is 0.506 e. The van der Waals surface area contributed by atoms with Crippen LogP contribution < -0.4 is 15.4 Å². The molecule has 3 aromatic rings. The highest BCUT2D eigenvalue weighted by Crippen LogP contribution is 2.28. The molecule has 0 bridgehead atoms. The lowest BCUT2D eigenvalue weighted by atomic mass is 10.1. The number of phenols is 1. The number of rotatable bonds is 8. The lowest BCUT2D eigenvalue weighted by Gasteiger charge is -2.15. The second-order valence-corrected chi connectivity index (χ2v) is 9.41. The van der Waals surface area contributed by atoms with E-state index in [1.165, 1.54) is 24.3 Å². The maximum atomic E-state index is 12.7. The topological polar surface area (TPSA) is 125 Å². The lowest BCUT2D eigenvalue weighted by Crippen LogP contribution is -2.35. The highest BCUT2D eigenvalue weighted by molar-refractivity contribution is 7.92. The molecule has 0 spiro atoms. The van der Waals surface area contributed by atoms with Crippen molar-refractivity contribution in [3.05, 3.63) is 83.4 Å². The van der Waals surface area contributed by atoms with Crippen LogP contribution >= 0.6 is 11.6 Å². The summed E-state index contributed by atoms with van der Waals surface area (Å²) in [5.41, 5.74) is 0.659. The number of aromatic hydroxyl groups is 1. The van der Waals surface area contributed by atoms with Gasteiger partial charge >= 0.3 is 0 Å². The number of amides is 2. The first kappa shape index (κ1) is 24.1. The van der Waals surface area contributed by atoms with Crippen molar-refractivity contribution in [3.8, 4) is 5.75 Å². The molecule has 1 atom stereocenters. The number of sulfonamides is 1. The van der Waals surface area contributed by atoms with E-state index in [4.69, 9.17) is 11.6 Å². The smallest absolute Gasteiger partial charge is 0.261 e. The molecule has 0 saturated heterocycles. The molecule has 8 nitrogen and oxygen atoms in total. The fourth-order valence-corrected chi connectivity index (χ4v) is 4.24. The molecule has 33 heavy (non-hydrogen) atoms.